The Balaban J connectivity index is 1.97. The largest absolute Gasteiger partial charge is 0.384 e. The molecule has 0 saturated carbocycles. The lowest BCUT2D eigenvalue weighted by Crippen LogP contribution is -2.56. The number of pyridine rings is 1. The zero-order valence-electron chi connectivity index (χ0n) is 10.0. The quantitative estimate of drug-likeness (QED) is 0.776. The van der Waals surface area contributed by atoms with Gasteiger partial charge in [-0.05, 0) is 25.5 Å². The van der Waals surface area contributed by atoms with Crippen LogP contribution in [0.1, 0.15) is 19.4 Å². The van der Waals surface area contributed by atoms with Gasteiger partial charge in [0, 0.05) is 37.9 Å². The summed E-state index contributed by atoms with van der Waals surface area (Å²) in [6, 6.07) is 3.92. The van der Waals surface area contributed by atoms with Crippen molar-refractivity contribution in [3.05, 3.63) is 23.9 Å². The number of hydrogen-bond donors (Lipinski definition) is 2. The number of nitrogens with one attached hydrogen (secondary N) is 1. The fourth-order valence-corrected chi connectivity index (χ4v) is 2.17. The van der Waals surface area contributed by atoms with Gasteiger partial charge in [0.25, 0.3) is 0 Å². The van der Waals surface area contributed by atoms with Gasteiger partial charge < -0.3 is 11.1 Å². The number of nitrogens with two attached hydrogens (primary N) is 1. The van der Waals surface area contributed by atoms with Crippen molar-refractivity contribution < 1.29 is 0 Å². The summed E-state index contributed by atoms with van der Waals surface area (Å²) in [5.74, 6) is 0.587. The summed E-state index contributed by atoms with van der Waals surface area (Å²) in [7, 11) is 0. The highest BCUT2D eigenvalue weighted by Crippen LogP contribution is 2.13. The van der Waals surface area contributed by atoms with Crippen molar-refractivity contribution in [2.45, 2.75) is 25.9 Å². The summed E-state index contributed by atoms with van der Waals surface area (Å²) >= 11 is 0. The van der Waals surface area contributed by atoms with Crippen LogP contribution in [0.5, 0.6) is 0 Å². The highest BCUT2D eigenvalue weighted by Gasteiger charge is 2.25. The summed E-state index contributed by atoms with van der Waals surface area (Å²) in [5.41, 5.74) is 7.00. The maximum absolute atomic E-state index is 5.57. The van der Waals surface area contributed by atoms with Crippen molar-refractivity contribution in [1.29, 1.82) is 0 Å². The molecule has 2 rings (SSSR count). The zero-order chi connectivity index (χ0) is 11.6. The molecule has 0 spiro atoms. The minimum absolute atomic E-state index is 0.208. The predicted molar refractivity (Wildman–Crippen MR) is 66.0 cm³/mol. The van der Waals surface area contributed by atoms with Gasteiger partial charge in [0.15, 0.2) is 0 Å². The monoisotopic (exact) mass is 220 g/mol. The Morgan fingerprint density at radius 1 is 1.50 bits per heavy atom. The molecule has 0 atom stereocenters. The van der Waals surface area contributed by atoms with Crippen molar-refractivity contribution in [2.75, 3.05) is 25.4 Å². The van der Waals surface area contributed by atoms with Gasteiger partial charge in [-0.1, -0.05) is 6.07 Å². The van der Waals surface area contributed by atoms with Crippen LogP contribution in [-0.4, -0.2) is 35.1 Å². The van der Waals surface area contributed by atoms with Crippen molar-refractivity contribution in [3.63, 3.8) is 0 Å². The summed E-state index contributed by atoms with van der Waals surface area (Å²) in [6.45, 7) is 8.64. The molecule has 1 aliphatic rings. The van der Waals surface area contributed by atoms with Crippen molar-refractivity contribution >= 4 is 5.82 Å². The third-order valence-electron chi connectivity index (χ3n) is 2.90. The molecule has 88 valence electrons. The molecule has 4 nitrogen and oxygen atoms in total. The Morgan fingerprint density at radius 3 is 2.94 bits per heavy atom. The summed E-state index contributed by atoms with van der Waals surface area (Å²) < 4.78 is 0. The first-order valence-corrected chi connectivity index (χ1v) is 5.73. The number of nitrogens with zero attached hydrogens (tertiary/aromatic N) is 2. The summed E-state index contributed by atoms with van der Waals surface area (Å²) in [6.07, 6.45) is 1.87. The third kappa shape index (κ3) is 2.93. The van der Waals surface area contributed by atoms with Gasteiger partial charge >= 0.3 is 0 Å². The van der Waals surface area contributed by atoms with Crippen molar-refractivity contribution in [3.8, 4) is 0 Å². The van der Waals surface area contributed by atoms with Crippen LogP contribution < -0.4 is 11.1 Å². The standard InChI is InChI=1S/C12H20N4/c1-12(2)9-16(6-5-15-12)8-10-3-4-11(13)14-7-10/h3-4,7,15H,5-6,8-9H2,1-2H3,(H2,13,14). The second-order valence-electron chi connectivity index (χ2n) is 5.11. The van der Waals surface area contributed by atoms with E-state index < -0.39 is 0 Å². The van der Waals surface area contributed by atoms with Gasteiger partial charge in [-0.15, -0.1) is 0 Å². The Kier molecular flexibility index (Phi) is 3.12. The first-order chi connectivity index (χ1) is 7.55. The second kappa shape index (κ2) is 4.39. The van der Waals surface area contributed by atoms with Crippen LogP contribution >= 0.6 is 0 Å². The van der Waals surface area contributed by atoms with Crippen LogP contribution in [0.2, 0.25) is 0 Å². The lowest BCUT2D eigenvalue weighted by Gasteiger charge is -2.39. The van der Waals surface area contributed by atoms with Crippen LogP contribution in [0.15, 0.2) is 18.3 Å². The van der Waals surface area contributed by atoms with Gasteiger partial charge in [-0.2, -0.15) is 0 Å². The molecular weight excluding hydrogens is 200 g/mol. The minimum Gasteiger partial charge on any atom is -0.384 e. The van der Waals surface area contributed by atoms with Crippen LogP contribution in [0.3, 0.4) is 0 Å². The van der Waals surface area contributed by atoms with E-state index in [0.717, 1.165) is 26.2 Å². The fourth-order valence-electron chi connectivity index (χ4n) is 2.17. The molecule has 3 N–H and O–H groups in total. The fraction of sp³-hybridized carbons (Fsp3) is 0.583. The normalized spacial score (nSPS) is 20.9. The Morgan fingerprint density at radius 2 is 2.31 bits per heavy atom. The molecule has 1 aromatic heterocycles. The second-order valence-corrected chi connectivity index (χ2v) is 5.11. The molecule has 0 amide bonds. The Hall–Kier alpha value is -1.13. The molecule has 0 unspecified atom stereocenters. The molecule has 1 aliphatic heterocycles. The number of nitrogen functional groups attached to an aromatic ring is 1. The van der Waals surface area contributed by atoms with Crippen LogP contribution in [0.4, 0.5) is 5.82 Å². The van der Waals surface area contributed by atoms with E-state index in [4.69, 9.17) is 5.73 Å². The number of anilines is 1. The van der Waals surface area contributed by atoms with Gasteiger partial charge in [-0.3, -0.25) is 4.90 Å². The lowest BCUT2D eigenvalue weighted by molar-refractivity contribution is 0.148. The number of rotatable bonds is 2. The highest BCUT2D eigenvalue weighted by molar-refractivity contribution is 5.29. The highest BCUT2D eigenvalue weighted by atomic mass is 15.2. The maximum Gasteiger partial charge on any atom is 0.123 e. The molecule has 4 heteroatoms. The Labute approximate surface area is 96.8 Å². The van der Waals surface area contributed by atoms with Gasteiger partial charge in [0.05, 0.1) is 0 Å². The smallest absolute Gasteiger partial charge is 0.123 e. The molecule has 2 heterocycles. The minimum atomic E-state index is 0.208. The van der Waals surface area contributed by atoms with Crippen LogP contribution in [0.25, 0.3) is 0 Å². The molecule has 0 aromatic carbocycles. The van der Waals surface area contributed by atoms with E-state index in [1.54, 1.807) is 0 Å². The maximum atomic E-state index is 5.57. The summed E-state index contributed by atoms with van der Waals surface area (Å²) in [4.78, 5) is 6.56. The molecule has 1 fully saturated rings. The molecule has 0 aliphatic carbocycles. The predicted octanol–water partition coefficient (Wildman–Crippen LogP) is 0.848. The Bertz CT molecular complexity index is 345. The first-order valence-electron chi connectivity index (χ1n) is 5.73. The van der Waals surface area contributed by atoms with Crippen LogP contribution in [-0.2, 0) is 6.54 Å². The lowest BCUT2D eigenvalue weighted by atomic mass is 10.0. The van der Waals surface area contributed by atoms with E-state index in [1.807, 2.05) is 12.3 Å². The van der Waals surface area contributed by atoms with Gasteiger partial charge in [0.1, 0.15) is 5.82 Å². The topological polar surface area (TPSA) is 54.2 Å². The van der Waals surface area contributed by atoms with Crippen LogP contribution in [0, 0.1) is 0 Å². The van der Waals surface area contributed by atoms with E-state index in [0.29, 0.717) is 5.82 Å². The van der Waals surface area contributed by atoms with Gasteiger partial charge in [0.2, 0.25) is 0 Å². The van der Waals surface area contributed by atoms with Crippen molar-refractivity contribution in [2.24, 2.45) is 0 Å². The zero-order valence-corrected chi connectivity index (χ0v) is 10.0. The summed E-state index contributed by atoms with van der Waals surface area (Å²) in [5, 5.41) is 3.51. The van der Waals surface area contributed by atoms with E-state index in [2.05, 4.69) is 35.1 Å². The van der Waals surface area contributed by atoms with Gasteiger partial charge in [-0.25, -0.2) is 4.98 Å². The number of hydrogen-bond acceptors (Lipinski definition) is 4. The number of piperazine rings is 1. The molecule has 0 bridgehead atoms. The van der Waals surface area contributed by atoms with E-state index in [-0.39, 0.29) is 5.54 Å². The molecule has 0 radical (unpaired) electrons. The SMILES string of the molecule is CC1(C)CN(Cc2ccc(N)nc2)CCN1. The molecular formula is C12H20N4. The van der Waals surface area contributed by atoms with E-state index >= 15 is 0 Å². The number of aromatic nitrogens is 1. The average molecular weight is 220 g/mol. The van der Waals surface area contributed by atoms with E-state index in [1.165, 1.54) is 5.56 Å². The van der Waals surface area contributed by atoms with Crippen molar-refractivity contribution in [1.82, 2.24) is 15.2 Å². The molecule has 1 aromatic rings. The van der Waals surface area contributed by atoms with E-state index in [9.17, 15) is 0 Å². The first kappa shape index (κ1) is 11.4. The third-order valence-corrected chi connectivity index (χ3v) is 2.90. The molecule has 16 heavy (non-hydrogen) atoms. The molecule has 1 saturated heterocycles. The average Bonchev–Trinajstić information content (AvgIpc) is 2.20.